The zero-order chi connectivity index (χ0) is 35.2. The maximum atomic E-state index is 12.5. The van der Waals surface area contributed by atoms with Crippen LogP contribution < -0.4 is 5.73 Å². The number of unbranched alkanes of at least 4 members (excludes halogenated alkanes) is 27. The number of hydrogen-bond acceptors (Lipinski definition) is 7. The van der Waals surface area contributed by atoms with Gasteiger partial charge in [-0.25, -0.2) is 4.57 Å². The van der Waals surface area contributed by atoms with Crippen LogP contribution in [0.1, 0.15) is 206 Å². The van der Waals surface area contributed by atoms with Crippen LogP contribution in [0.25, 0.3) is 0 Å². The summed E-state index contributed by atoms with van der Waals surface area (Å²) in [6, 6.07) is 0. The highest BCUT2D eigenvalue weighted by molar-refractivity contribution is 7.47. The van der Waals surface area contributed by atoms with Gasteiger partial charge in [-0.1, -0.05) is 187 Å². The Kier molecular flexibility index (Phi) is 37.4. The zero-order valence-corrected chi connectivity index (χ0v) is 32.6. The predicted molar refractivity (Wildman–Crippen MR) is 201 cm³/mol. The van der Waals surface area contributed by atoms with E-state index < -0.39 is 13.9 Å². The largest absolute Gasteiger partial charge is 0.472 e. The van der Waals surface area contributed by atoms with E-state index in [4.69, 9.17) is 24.3 Å². The molecule has 288 valence electrons. The summed E-state index contributed by atoms with van der Waals surface area (Å²) in [5, 5.41) is 0. The van der Waals surface area contributed by atoms with Crippen molar-refractivity contribution in [3.05, 3.63) is 0 Å². The van der Waals surface area contributed by atoms with Crippen molar-refractivity contribution in [3.8, 4) is 0 Å². The Bertz CT molecular complexity index is 712. The van der Waals surface area contributed by atoms with Crippen molar-refractivity contribution < 1.29 is 32.8 Å². The zero-order valence-electron chi connectivity index (χ0n) is 31.7. The molecule has 0 aromatic carbocycles. The van der Waals surface area contributed by atoms with Crippen LogP contribution in [0.5, 0.6) is 0 Å². The average molecular weight is 706 g/mol. The summed E-state index contributed by atoms with van der Waals surface area (Å²) in [5.41, 5.74) is 5.35. The van der Waals surface area contributed by atoms with Crippen molar-refractivity contribution in [1.82, 2.24) is 0 Å². The maximum Gasteiger partial charge on any atom is 0.472 e. The van der Waals surface area contributed by atoms with Crippen LogP contribution in [0.3, 0.4) is 0 Å². The van der Waals surface area contributed by atoms with Crippen LogP contribution in [0, 0.1) is 0 Å². The fourth-order valence-electron chi connectivity index (χ4n) is 6.00. The van der Waals surface area contributed by atoms with Crippen molar-refractivity contribution in [3.63, 3.8) is 0 Å². The molecule has 0 amide bonds. The van der Waals surface area contributed by atoms with E-state index in [-0.39, 0.29) is 32.3 Å². The van der Waals surface area contributed by atoms with Crippen LogP contribution in [0.4, 0.5) is 0 Å². The standard InChI is InChI=1S/C39H80NO7P/c1-3-5-7-9-11-13-14-15-16-17-18-19-20-21-22-23-24-26-28-30-32-39(41)47-38(37-46-48(42,43)45-35-33-40)36-44-34-31-29-27-25-12-10-8-6-4-2/h38H,3-37,40H2,1-2H3,(H,42,43). The molecule has 0 radical (unpaired) electrons. The first-order valence-corrected chi connectivity index (χ1v) is 22.0. The summed E-state index contributed by atoms with van der Waals surface area (Å²) in [4.78, 5) is 22.4. The van der Waals surface area contributed by atoms with Gasteiger partial charge in [0.2, 0.25) is 0 Å². The van der Waals surface area contributed by atoms with Crippen molar-refractivity contribution in [2.24, 2.45) is 5.73 Å². The number of carbonyl (C=O) groups is 1. The van der Waals surface area contributed by atoms with Gasteiger partial charge in [-0.3, -0.25) is 13.8 Å². The summed E-state index contributed by atoms with van der Waals surface area (Å²) in [5.74, 6) is -0.326. The molecule has 2 atom stereocenters. The van der Waals surface area contributed by atoms with Gasteiger partial charge in [-0.2, -0.15) is 0 Å². The minimum Gasteiger partial charge on any atom is -0.457 e. The molecule has 0 spiro atoms. The number of nitrogens with two attached hydrogens (primary N) is 1. The number of esters is 1. The molecule has 0 aromatic rings. The van der Waals surface area contributed by atoms with E-state index in [9.17, 15) is 14.3 Å². The number of phosphoric acid groups is 1. The van der Waals surface area contributed by atoms with Gasteiger partial charge in [0.15, 0.2) is 0 Å². The number of hydrogen-bond donors (Lipinski definition) is 2. The van der Waals surface area contributed by atoms with Gasteiger partial charge in [0.25, 0.3) is 0 Å². The number of ether oxygens (including phenoxy) is 2. The molecule has 2 unspecified atom stereocenters. The monoisotopic (exact) mass is 706 g/mol. The van der Waals surface area contributed by atoms with E-state index >= 15 is 0 Å². The lowest BCUT2D eigenvalue weighted by atomic mass is 10.0. The first-order valence-electron chi connectivity index (χ1n) is 20.5. The van der Waals surface area contributed by atoms with Gasteiger partial charge < -0.3 is 20.1 Å². The first kappa shape index (κ1) is 47.5. The lowest BCUT2D eigenvalue weighted by molar-refractivity contribution is -0.154. The Hall–Kier alpha value is -0.500. The van der Waals surface area contributed by atoms with Crippen LogP contribution in [-0.4, -0.2) is 49.9 Å². The molecular weight excluding hydrogens is 625 g/mol. The molecule has 0 aliphatic rings. The van der Waals surface area contributed by atoms with E-state index in [0.29, 0.717) is 13.0 Å². The third-order valence-corrected chi connectivity index (χ3v) is 10.0. The highest BCUT2D eigenvalue weighted by Crippen LogP contribution is 2.43. The van der Waals surface area contributed by atoms with Gasteiger partial charge in [0.05, 0.1) is 19.8 Å². The molecule has 9 heteroatoms. The molecule has 0 heterocycles. The Balaban J connectivity index is 3.91. The normalized spacial score (nSPS) is 13.5. The van der Waals surface area contributed by atoms with Crippen molar-refractivity contribution in [2.45, 2.75) is 213 Å². The average Bonchev–Trinajstić information content (AvgIpc) is 3.07. The molecular formula is C39H80NO7P. The van der Waals surface area contributed by atoms with Gasteiger partial charge in [0, 0.05) is 19.6 Å². The van der Waals surface area contributed by atoms with Gasteiger partial charge in [-0.05, 0) is 12.8 Å². The van der Waals surface area contributed by atoms with Crippen LogP contribution in [-0.2, 0) is 27.9 Å². The summed E-state index contributed by atoms with van der Waals surface area (Å²) in [6.45, 7) is 4.95. The Morgan fingerprint density at radius 2 is 0.917 bits per heavy atom. The highest BCUT2D eigenvalue weighted by atomic mass is 31.2. The minimum absolute atomic E-state index is 0.0905. The lowest BCUT2D eigenvalue weighted by Gasteiger charge is -2.20. The molecule has 0 bridgehead atoms. The highest BCUT2D eigenvalue weighted by Gasteiger charge is 2.25. The molecule has 48 heavy (non-hydrogen) atoms. The van der Waals surface area contributed by atoms with Crippen molar-refractivity contribution in [1.29, 1.82) is 0 Å². The number of phosphoric ester groups is 1. The third kappa shape index (κ3) is 36.8. The summed E-state index contributed by atoms with van der Waals surface area (Å²) in [6.07, 6.45) is 36.9. The Morgan fingerprint density at radius 3 is 1.31 bits per heavy atom. The second-order valence-electron chi connectivity index (χ2n) is 13.9. The molecule has 8 nitrogen and oxygen atoms in total. The maximum absolute atomic E-state index is 12.5. The molecule has 0 saturated heterocycles. The van der Waals surface area contributed by atoms with E-state index in [1.165, 1.54) is 154 Å². The van der Waals surface area contributed by atoms with E-state index in [1.54, 1.807) is 0 Å². The van der Waals surface area contributed by atoms with E-state index in [2.05, 4.69) is 13.8 Å². The Labute approximate surface area is 297 Å². The molecule has 0 aliphatic heterocycles. The molecule has 0 rings (SSSR count). The van der Waals surface area contributed by atoms with Crippen LogP contribution in [0.15, 0.2) is 0 Å². The quantitative estimate of drug-likeness (QED) is 0.0367. The molecule has 0 aromatic heterocycles. The topological polar surface area (TPSA) is 117 Å². The van der Waals surface area contributed by atoms with Crippen molar-refractivity contribution >= 4 is 13.8 Å². The minimum atomic E-state index is -4.26. The lowest BCUT2D eigenvalue weighted by Crippen LogP contribution is -2.28. The van der Waals surface area contributed by atoms with Gasteiger partial charge in [0.1, 0.15) is 6.10 Å². The Morgan fingerprint density at radius 1 is 0.542 bits per heavy atom. The SMILES string of the molecule is CCCCCCCCCCCCCCCCCCCCCCC(=O)OC(COCCCCCCCCCCC)COP(=O)(O)OCCN. The van der Waals surface area contributed by atoms with Crippen LogP contribution in [0.2, 0.25) is 0 Å². The number of rotatable bonds is 40. The number of carbonyl (C=O) groups excluding carboxylic acids is 1. The van der Waals surface area contributed by atoms with Crippen molar-refractivity contribution in [2.75, 3.05) is 33.0 Å². The summed E-state index contributed by atoms with van der Waals surface area (Å²) >= 11 is 0. The molecule has 3 N–H and O–H groups in total. The second-order valence-corrected chi connectivity index (χ2v) is 15.3. The second kappa shape index (κ2) is 37.7. The van der Waals surface area contributed by atoms with Crippen LogP contribution >= 0.6 is 7.82 Å². The smallest absolute Gasteiger partial charge is 0.457 e. The summed E-state index contributed by atoms with van der Waals surface area (Å²) in [7, 11) is -4.26. The fraction of sp³-hybridized carbons (Fsp3) is 0.974. The summed E-state index contributed by atoms with van der Waals surface area (Å²) < 4.78 is 33.3. The van der Waals surface area contributed by atoms with Gasteiger partial charge >= 0.3 is 13.8 Å². The van der Waals surface area contributed by atoms with E-state index in [1.807, 2.05) is 0 Å². The van der Waals surface area contributed by atoms with E-state index in [0.717, 1.165) is 32.1 Å². The fourth-order valence-corrected chi connectivity index (χ4v) is 6.76. The molecule has 0 aliphatic carbocycles. The third-order valence-electron chi connectivity index (χ3n) is 9.02. The molecule has 0 saturated carbocycles. The predicted octanol–water partition coefficient (Wildman–Crippen LogP) is 11.7. The molecule has 0 fully saturated rings. The van der Waals surface area contributed by atoms with Gasteiger partial charge in [-0.15, -0.1) is 0 Å². The first-order chi connectivity index (χ1) is 23.4.